The number of carbonyl (C=O) groups excluding carboxylic acids is 1. The zero-order valence-electron chi connectivity index (χ0n) is 8.87. The van der Waals surface area contributed by atoms with Crippen LogP contribution in [0.15, 0.2) is 0 Å². The van der Waals surface area contributed by atoms with Crippen molar-refractivity contribution in [2.45, 2.75) is 24.4 Å². The molecule has 97 valence electrons. The standard InChI is InChI=1S/C6H12O9S.Na/c7-1-3(8)5(10)6(11)4(9)2-15-16(12,13)14;/h1,3-6,8-11H,2H2,(H,12,13,14);/t3-,4-,5-,6-;/m1./s1. The van der Waals surface area contributed by atoms with E-state index in [0.29, 0.717) is 0 Å². The average molecular weight is 283 g/mol. The van der Waals surface area contributed by atoms with E-state index in [2.05, 4.69) is 4.18 Å². The zero-order valence-corrected chi connectivity index (χ0v) is 11.7. The van der Waals surface area contributed by atoms with Crippen molar-refractivity contribution in [2.75, 3.05) is 6.61 Å². The number of aliphatic hydroxyl groups excluding tert-OH is 4. The predicted octanol–water partition coefficient (Wildman–Crippen LogP) is -3.93. The van der Waals surface area contributed by atoms with E-state index in [9.17, 15) is 13.2 Å². The summed E-state index contributed by atoms with van der Waals surface area (Å²) in [5.41, 5.74) is 0. The van der Waals surface area contributed by atoms with Gasteiger partial charge in [-0.3, -0.25) is 4.55 Å². The summed E-state index contributed by atoms with van der Waals surface area (Å²) in [5, 5.41) is 36.0. The first kappa shape index (κ1) is 19.7. The zero-order chi connectivity index (χ0) is 12.9. The van der Waals surface area contributed by atoms with Gasteiger partial charge in [0.25, 0.3) is 0 Å². The Morgan fingerprint density at radius 1 is 1.12 bits per heavy atom. The number of aldehydes is 1. The number of hydrogen-bond acceptors (Lipinski definition) is 8. The fraction of sp³-hybridized carbons (Fsp3) is 0.833. The van der Waals surface area contributed by atoms with Crippen LogP contribution in [0.1, 0.15) is 0 Å². The van der Waals surface area contributed by atoms with Gasteiger partial charge in [-0.05, 0) is 0 Å². The summed E-state index contributed by atoms with van der Waals surface area (Å²) >= 11 is 0. The molecule has 0 bridgehead atoms. The predicted molar refractivity (Wildman–Crippen MR) is 53.3 cm³/mol. The quantitative estimate of drug-likeness (QED) is 0.178. The van der Waals surface area contributed by atoms with E-state index >= 15 is 0 Å². The molecule has 0 rings (SSSR count). The van der Waals surface area contributed by atoms with E-state index in [-0.39, 0.29) is 35.8 Å². The molecule has 17 heavy (non-hydrogen) atoms. The Balaban J connectivity index is 0. The molecule has 0 unspecified atom stereocenters. The van der Waals surface area contributed by atoms with Crippen LogP contribution in [0.4, 0.5) is 0 Å². The van der Waals surface area contributed by atoms with Gasteiger partial charge in [-0.25, -0.2) is 4.18 Å². The molecule has 0 aromatic rings. The molecule has 0 aliphatic heterocycles. The molecule has 0 saturated carbocycles. The average Bonchev–Trinajstić information content (AvgIpc) is 2.21. The second-order valence-corrected chi connectivity index (χ2v) is 3.98. The molecular formula is C6H12NaO9S. The first-order valence-electron chi connectivity index (χ1n) is 3.98. The molecule has 0 aromatic carbocycles. The van der Waals surface area contributed by atoms with E-state index in [0.717, 1.165) is 0 Å². The summed E-state index contributed by atoms with van der Waals surface area (Å²) in [6, 6.07) is 0. The van der Waals surface area contributed by atoms with Gasteiger partial charge in [0, 0.05) is 29.6 Å². The third-order valence-electron chi connectivity index (χ3n) is 1.62. The van der Waals surface area contributed by atoms with Crippen molar-refractivity contribution >= 4 is 46.2 Å². The van der Waals surface area contributed by atoms with Gasteiger partial charge in [0.15, 0.2) is 6.29 Å². The summed E-state index contributed by atoms with van der Waals surface area (Å²) in [7, 11) is -4.79. The summed E-state index contributed by atoms with van der Waals surface area (Å²) < 4.78 is 32.0. The van der Waals surface area contributed by atoms with Crippen LogP contribution in [-0.4, -0.2) is 100 Å². The van der Waals surface area contributed by atoms with E-state index < -0.39 is 41.4 Å². The number of rotatable bonds is 7. The molecule has 5 N–H and O–H groups in total. The number of hydrogen-bond donors (Lipinski definition) is 5. The largest absolute Gasteiger partial charge is 0.397 e. The van der Waals surface area contributed by atoms with Crippen molar-refractivity contribution in [3.63, 3.8) is 0 Å². The Kier molecular flexibility index (Phi) is 9.83. The SMILES string of the molecule is O=C[C@@H](O)[C@@H](O)[C@H](O)[C@H](O)COS(=O)(=O)O.[Na]. The van der Waals surface area contributed by atoms with Gasteiger partial charge in [0.2, 0.25) is 0 Å². The molecule has 0 aliphatic rings. The minimum Gasteiger partial charge on any atom is -0.388 e. The van der Waals surface area contributed by atoms with E-state index in [4.69, 9.17) is 25.0 Å². The van der Waals surface area contributed by atoms with Crippen molar-refractivity contribution in [3.8, 4) is 0 Å². The topological polar surface area (TPSA) is 162 Å². The van der Waals surface area contributed by atoms with Gasteiger partial charge in [-0.15, -0.1) is 0 Å². The van der Waals surface area contributed by atoms with Gasteiger partial charge in [-0.1, -0.05) is 0 Å². The van der Waals surface area contributed by atoms with Crippen LogP contribution in [0.2, 0.25) is 0 Å². The van der Waals surface area contributed by atoms with Crippen LogP contribution in [0.25, 0.3) is 0 Å². The molecule has 0 aliphatic carbocycles. The minimum absolute atomic E-state index is 0. The maximum Gasteiger partial charge on any atom is 0.397 e. The van der Waals surface area contributed by atoms with Crippen LogP contribution in [0.3, 0.4) is 0 Å². The third-order valence-corrected chi connectivity index (χ3v) is 2.06. The van der Waals surface area contributed by atoms with Crippen LogP contribution < -0.4 is 0 Å². The monoisotopic (exact) mass is 283 g/mol. The number of aliphatic hydroxyl groups is 4. The van der Waals surface area contributed by atoms with E-state index in [1.54, 1.807) is 0 Å². The molecule has 4 atom stereocenters. The van der Waals surface area contributed by atoms with Gasteiger partial charge in [-0.2, -0.15) is 8.42 Å². The Labute approximate surface area is 119 Å². The minimum atomic E-state index is -4.79. The van der Waals surface area contributed by atoms with Crippen LogP contribution >= 0.6 is 0 Å². The molecule has 11 heteroatoms. The molecule has 0 saturated heterocycles. The summed E-state index contributed by atoms with van der Waals surface area (Å²) in [5.74, 6) is 0. The van der Waals surface area contributed by atoms with E-state index in [1.165, 1.54) is 0 Å². The molecule has 0 amide bonds. The molecule has 1 radical (unpaired) electrons. The molecule has 0 aromatic heterocycles. The summed E-state index contributed by atoms with van der Waals surface area (Å²) in [6.45, 7) is -1.04. The first-order chi connectivity index (χ1) is 7.19. The van der Waals surface area contributed by atoms with Gasteiger partial charge >= 0.3 is 10.4 Å². The maximum atomic E-state index is 10.1. The third kappa shape index (κ3) is 8.15. The fourth-order valence-electron chi connectivity index (χ4n) is 0.764. The second kappa shape index (κ2) is 8.48. The van der Waals surface area contributed by atoms with Crippen LogP contribution in [-0.2, 0) is 19.4 Å². The van der Waals surface area contributed by atoms with Crippen LogP contribution in [0, 0.1) is 0 Å². The van der Waals surface area contributed by atoms with Crippen LogP contribution in [0.5, 0.6) is 0 Å². The normalized spacial score (nSPS) is 18.6. The van der Waals surface area contributed by atoms with Crippen molar-refractivity contribution in [2.24, 2.45) is 0 Å². The Morgan fingerprint density at radius 2 is 1.59 bits per heavy atom. The molecule has 0 spiro atoms. The fourth-order valence-corrected chi connectivity index (χ4v) is 1.08. The van der Waals surface area contributed by atoms with Crippen molar-refractivity contribution in [1.82, 2.24) is 0 Å². The summed E-state index contributed by atoms with van der Waals surface area (Å²) in [6.07, 6.45) is -7.94. The van der Waals surface area contributed by atoms with Crippen molar-refractivity contribution in [1.29, 1.82) is 0 Å². The molecule has 0 heterocycles. The summed E-state index contributed by atoms with van der Waals surface area (Å²) in [4.78, 5) is 10.0. The van der Waals surface area contributed by atoms with E-state index in [1.807, 2.05) is 0 Å². The Hall–Kier alpha value is 0.380. The maximum absolute atomic E-state index is 10.1. The second-order valence-electron chi connectivity index (χ2n) is 2.89. The van der Waals surface area contributed by atoms with Gasteiger partial charge in [0.05, 0.1) is 6.61 Å². The smallest absolute Gasteiger partial charge is 0.388 e. The van der Waals surface area contributed by atoms with Crippen molar-refractivity contribution in [3.05, 3.63) is 0 Å². The van der Waals surface area contributed by atoms with Gasteiger partial charge < -0.3 is 25.2 Å². The number of carbonyl (C=O) groups is 1. The van der Waals surface area contributed by atoms with Crippen molar-refractivity contribution < 1.29 is 42.4 Å². The molecular weight excluding hydrogens is 271 g/mol. The Bertz CT molecular complexity index is 317. The molecule has 9 nitrogen and oxygen atoms in total. The Morgan fingerprint density at radius 3 is 1.94 bits per heavy atom. The molecule has 0 fully saturated rings. The van der Waals surface area contributed by atoms with Gasteiger partial charge in [0.1, 0.15) is 24.4 Å². The first-order valence-corrected chi connectivity index (χ1v) is 5.35.